The van der Waals surface area contributed by atoms with Crippen LogP contribution in [0.1, 0.15) is 13.8 Å². The normalized spacial score (nSPS) is 12.9. The first kappa shape index (κ1) is 11.7. The molecule has 90 valence electrons. The van der Waals surface area contributed by atoms with Gasteiger partial charge in [0.25, 0.3) is 0 Å². The number of fused-ring (bicyclic) bond motifs is 1. The minimum atomic E-state index is 0.0880. The van der Waals surface area contributed by atoms with Gasteiger partial charge in [-0.2, -0.15) is 0 Å². The SMILES string of the molecule is CC(C)C(N)CNc1nnc2ccccc2n1. The summed E-state index contributed by atoms with van der Waals surface area (Å²) in [5.74, 6) is 0.954. The molecule has 0 aliphatic rings. The summed E-state index contributed by atoms with van der Waals surface area (Å²) >= 11 is 0. The predicted octanol–water partition coefficient (Wildman–Crippen LogP) is 1.42. The zero-order valence-corrected chi connectivity index (χ0v) is 10.1. The Balaban J connectivity index is 2.09. The third kappa shape index (κ3) is 2.88. The van der Waals surface area contributed by atoms with Crippen LogP contribution in [0.2, 0.25) is 0 Å². The second-order valence-corrected chi connectivity index (χ2v) is 4.41. The molecule has 0 fully saturated rings. The van der Waals surface area contributed by atoms with E-state index in [4.69, 9.17) is 5.73 Å². The highest BCUT2D eigenvalue weighted by Gasteiger charge is 2.08. The van der Waals surface area contributed by atoms with Crippen molar-refractivity contribution in [2.75, 3.05) is 11.9 Å². The van der Waals surface area contributed by atoms with Crippen molar-refractivity contribution in [2.24, 2.45) is 11.7 Å². The molecule has 0 saturated heterocycles. The van der Waals surface area contributed by atoms with Crippen LogP contribution < -0.4 is 11.1 Å². The van der Waals surface area contributed by atoms with Crippen LogP contribution in [0.4, 0.5) is 5.95 Å². The molecule has 0 amide bonds. The molecule has 1 aromatic heterocycles. The minimum Gasteiger partial charge on any atom is -0.351 e. The molecule has 0 aliphatic heterocycles. The van der Waals surface area contributed by atoms with Gasteiger partial charge in [0, 0.05) is 12.6 Å². The first-order valence-electron chi connectivity index (χ1n) is 5.75. The molecule has 0 radical (unpaired) electrons. The Morgan fingerprint density at radius 3 is 2.59 bits per heavy atom. The van der Waals surface area contributed by atoms with Crippen LogP contribution in [0, 0.1) is 5.92 Å². The Bertz CT molecular complexity index is 497. The van der Waals surface area contributed by atoms with E-state index in [2.05, 4.69) is 34.3 Å². The predicted molar refractivity (Wildman–Crippen MR) is 68.6 cm³/mol. The second-order valence-electron chi connectivity index (χ2n) is 4.41. The van der Waals surface area contributed by atoms with Crippen LogP contribution >= 0.6 is 0 Å². The fraction of sp³-hybridized carbons (Fsp3) is 0.417. The van der Waals surface area contributed by atoms with Crippen molar-refractivity contribution in [3.8, 4) is 0 Å². The van der Waals surface area contributed by atoms with Crippen molar-refractivity contribution in [3.05, 3.63) is 24.3 Å². The largest absolute Gasteiger partial charge is 0.351 e. The van der Waals surface area contributed by atoms with E-state index in [0.29, 0.717) is 18.4 Å². The molecule has 0 aliphatic carbocycles. The van der Waals surface area contributed by atoms with Crippen molar-refractivity contribution in [2.45, 2.75) is 19.9 Å². The summed E-state index contributed by atoms with van der Waals surface area (Å²) in [4.78, 5) is 4.37. The Morgan fingerprint density at radius 1 is 1.18 bits per heavy atom. The molecule has 1 aromatic carbocycles. The minimum absolute atomic E-state index is 0.0880. The van der Waals surface area contributed by atoms with Gasteiger partial charge in [0.1, 0.15) is 5.52 Å². The Morgan fingerprint density at radius 2 is 1.88 bits per heavy atom. The van der Waals surface area contributed by atoms with E-state index in [-0.39, 0.29) is 6.04 Å². The molecule has 5 nitrogen and oxygen atoms in total. The van der Waals surface area contributed by atoms with Gasteiger partial charge < -0.3 is 11.1 Å². The molecule has 0 spiro atoms. The monoisotopic (exact) mass is 231 g/mol. The van der Waals surface area contributed by atoms with Gasteiger partial charge in [-0.15, -0.1) is 10.2 Å². The van der Waals surface area contributed by atoms with Crippen LogP contribution in [0.15, 0.2) is 24.3 Å². The highest BCUT2D eigenvalue weighted by Crippen LogP contribution is 2.09. The van der Waals surface area contributed by atoms with Crippen LogP contribution in [0.3, 0.4) is 0 Å². The van der Waals surface area contributed by atoms with Gasteiger partial charge in [-0.25, -0.2) is 4.98 Å². The lowest BCUT2D eigenvalue weighted by Gasteiger charge is -2.15. The van der Waals surface area contributed by atoms with E-state index in [1.807, 2.05) is 24.3 Å². The van der Waals surface area contributed by atoms with E-state index < -0.39 is 0 Å². The average molecular weight is 231 g/mol. The summed E-state index contributed by atoms with van der Waals surface area (Å²) in [5.41, 5.74) is 7.57. The van der Waals surface area contributed by atoms with Crippen molar-refractivity contribution in [1.29, 1.82) is 0 Å². The third-order valence-electron chi connectivity index (χ3n) is 2.71. The van der Waals surface area contributed by atoms with E-state index in [9.17, 15) is 0 Å². The van der Waals surface area contributed by atoms with E-state index in [1.54, 1.807) is 0 Å². The highest BCUT2D eigenvalue weighted by molar-refractivity contribution is 5.73. The average Bonchev–Trinajstić information content (AvgIpc) is 2.35. The molecule has 1 atom stereocenters. The molecule has 0 bridgehead atoms. The molecule has 1 unspecified atom stereocenters. The molecule has 5 heteroatoms. The molecule has 17 heavy (non-hydrogen) atoms. The van der Waals surface area contributed by atoms with Crippen LogP contribution in [0.5, 0.6) is 0 Å². The van der Waals surface area contributed by atoms with E-state index >= 15 is 0 Å². The number of nitrogens with zero attached hydrogens (tertiary/aromatic N) is 3. The molecule has 2 rings (SSSR count). The Labute approximate surface area is 100 Å². The van der Waals surface area contributed by atoms with Gasteiger partial charge in [0.05, 0.1) is 5.52 Å². The van der Waals surface area contributed by atoms with Crippen LogP contribution in [0.25, 0.3) is 11.0 Å². The van der Waals surface area contributed by atoms with Crippen LogP contribution in [-0.2, 0) is 0 Å². The first-order chi connectivity index (χ1) is 8.16. The van der Waals surface area contributed by atoms with Crippen molar-refractivity contribution < 1.29 is 0 Å². The maximum Gasteiger partial charge on any atom is 0.243 e. The Hall–Kier alpha value is -1.75. The fourth-order valence-corrected chi connectivity index (χ4v) is 1.40. The third-order valence-corrected chi connectivity index (χ3v) is 2.71. The van der Waals surface area contributed by atoms with Gasteiger partial charge in [-0.1, -0.05) is 26.0 Å². The second kappa shape index (κ2) is 5.05. The molecule has 3 N–H and O–H groups in total. The number of benzene rings is 1. The summed E-state index contributed by atoms with van der Waals surface area (Å²) in [7, 11) is 0. The highest BCUT2D eigenvalue weighted by atomic mass is 15.2. The number of anilines is 1. The van der Waals surface area contributed by atoms with E-state index in [1.165, 1.54) is 0 Å². The van der Waals surface area contributed by atoms with Crippen LogP contribution in [-0.4, -0.2) is 27.8 Å². The van der Waals surface area contributed by atoms with Gasteiger partial charge in [-0.05, 0) is 18.1 Å². The first-order valence-corrected chi connectivity index (χ1v) is 5.75. The van der Waals surface area contributed by atoms with Crippen molar-refractivity contribution in [1.82, 2.24) is 15.2 Å². The number of nitrogens with one attached hydrogen (secondary N) is 1. The van der Waals surface area contributed by atoms with E-state index in [0.717, 1.165) is 11.0 Å². The Kier molecular flexibility index (Phi) is 3.49. The summed E-state index contributed by atoms with van der Waals surface area (Å²) in [6, 6.07) is 7.74. The lowest BCUT2D eigenvalue weighted by Crippen LogP contribution is -2.34. The summed E-state index contributed by atoms with van der Waals surface area (Å²) in [6.45, 7) is 4.83. The number of hydrogen-bond donors (Lipinski definition) is 2. The number of aromatic nitrogens is 3. The lowest BCUT2D eigenvalue weighted by atomic mass is 10.1. The van der Waals surface area contributed by atoms with Gasteiger partial charge in [0.2, 0.25) is 5.95 Å². The van der Waals surface area contributed by atoms with Crippen molar-refractivity contribution in [3.63, 3.8) is 0 Å². The number of nitrogens with two attached hydrogens (primary N) is 1. The molecule has 1 heterocycles. The molecule has 0 saturated carbocycles. The maximum atomic E-state index is 5.94. The summed E-state index contributed by atoms with van der Waals surface area (Å²) in [6.07, 6.45) is 0. The zero-order valence-electron chi connectivity index (χ0n) is 10.1. The maximum absolute atomic E-state index is 5.94. The molecular formula is C12H17N5. The summed E-state index contributed by atoms with van der Waals surface area (Å²) < 4.78 is 0. The van der Waals surface area contributed by atoms with Crippen molar-refractivity contribution >= 4 is 17.0 Å². The standard InChI is InChI=1S/C12H17N5/c1-8(2)9(13)7-14-12-15-10-5-3-4-6-11(10)16-17-12/h3-6,8-9H,7,13H2,1-2H3,(H,14,15,17). The number of rotatable bonds is 4. The van der Waals surface area contributed by atoms with Gasteiger partial charge in [0.15, 0.2) is 0 Å². The number of hydrogen-bond acceptors (Lipinski definition) is 5. The zero-order chi connectivity index (χ0) is 12.3. The summed E-state index contributed by atoms with van der Waals surface area (Å²) in [5, 5.41) is 11.2. The quantitative estimate of drug-likeness (QED) is 0.832. The fourth-order valence-electron chi connectivity index (χ4n) is 1.40. The smallest absolute Gasteiger partial charge is 0.243 e. The van der Waals surface area contributed by atoms with Gasteiger partial charge in [-0.3, -0.25) is 0 Å². The number of para-hydroxylation sites is 1. The lowest BCUT2D eigenvalue weighted by molar-refractivity contribution is 0.510. The topological polar surface area (TPSA) is 76.7 Å². The van der Waals surface area contributed by atoms with Gasteiger partial charge >= 0.3 is 0 Å². The molecule has 2 aromatic rings. The molecular weight excluding hydrogens is 214 g/mol.